The summed E-state index contributed by atoms with van der Waals surface area (Å²) >= 11 is 0. The summed E-state index contributed by atoms with van der Waals surface area (Å²) in [6.45, 7) is 5.28. The van der Waals surface area contributed by atoms with Crippen LogP contribution in [0.2, 0.25) is 0 Å². The van der Waals surface area contributed by atoms with Gasteiger partial charge in [-0.25, -0.2) is 8.78 Å². The number of nitrogens with one attached hydrogen (secondary N) is 2. The van der Waals surface area contributed by atoms with Gasteiger partial charge in [-0.05, 0) is 62.9 Å². The Hall–Kier alpha value is -3.89. The number of aromatic nitrogens is 3. The maximum Gasteiger partial charge on any atom is 0.294 e. The van der Waals surface area contributed by atoms with Crippen LogP contribution in [0.3, 0.4) is 0 Å². The number of hydrogen-bond acceptors (Lipinski definition) is 6. The van der Waals surface area contributed by atoms with Gasteiger partial charge in [-0.2, -0.15) is 0 Å². The summed E-state index contributed by atoms with van der Waals surface area (Å²) in [7, 11) is 0. The van der Waals surface area contributed by atoms with E-state index < -0.39 is 35.6 Å². The van der Waals surface area contributed by atoms with E-state index in [1.807, 2.05) is 0 Å². The highest BCUT2D eigenvalue weighted by molar-refractivity contribution is 6.43. The molecular weight excluding hydrogens is 460 g/mol. The average molecular weight is 485 g/mol. The Balaban J connectivity index is 1.63. The molecule has 0 radical (unpaired) electrons. The predicted octanol–water partition coefficient (Wildman–Crippen LogP) is 3.45. The first-order chi connectivity index (χ1) is 16.6. The number of nitrogens with zero attached hydrogens (tertiary/aromatic N) is 3. The van der Waals surface area contributed by atoms with Crippen molar-refractivity contribution in [1.29, 1.82) is 0 Å². The molecule has 2 N–H and O–H groups in total. The number of halogens is 2. The van der Waals surface area contributed by atoms with Crippen molar-refractivity contribution in [2.75, 3.05) is 12.0 Å². The summed E-state index contributed by atoms with van der Waals surface area (Å²) in [5, 5.41) is 13.1. The molecule has 3 aromatic rings. The van der Waals surface area contributed by atoms with Gasteiger partial charge in [0.25, 0.3) is 17.6 Å². The Morgan fingerprint density at radius 2 is 1.86 bits per heavy atom. The van der Waals surface area contributed by atoms with Crippen molar-refractivity contribution in [3.8, 4) is 0 Å². The van der Waals surface area contributed by atoms with Gasteiger partial charge in [0.2, 0.25) is 11.8 Å². The van der Waals surface area contributed by atoms with E-state index in [0.29, 0.717) is 35.7 Å². The fraction of sp³-hybridized carbons (Fsp3) is 0.375. The summed E-state index contributed by atoms with van der Waals surface area (Å²) in [4.78, 5) is 39.3. The van der Waals surface area contributed by atoms with Crippen LogP contribution in [-0.4, -0.2) is 39.0 Å². The second-order valence-electron chi connectivity index (χ2n) is 8.68. The third kappa shape index (κ3) is 4.45. The lowest BCUT2D eigenvalue weighted by molar-refractivity contribution is -0.118. The van der Waals surface area contributed by atoms with Gasteiger partial charge < -0.3 is 19.6 Å². The van der Waals surface area contributed by atoms with E-state index in [0.717, 1.165) is 0 Å². The number of carbonyl (C=O) groups is 3. The van der Waals surface area contributed by atoms with Crippen LogP contribution in [-0.2, 0) is 16.9 Å². The number of Topliss-reactive ketones (excluding diaryl/α,β-unsaturated/α-hetero) is 1. The van der Waals surface area contributed by atoms with Gasteiger partial charge in [-0.3, -0.25) is 14.4 Å². The van der Waals surface area contributed by atoms with E-state index in [4.69, 9.17) is 4.42 Å². The molecule has 184 valence electrons. The minimum Gasteiger partial charge on any atom is -0.423 e. The molecule has 0 atom stereocenters. The van der Waals surface area contributed by atoms with Crippen LogP contribution in [0.5, 0.6) is 0 Å². The molecule has 0 spiro atoms. The van der Waals surface area contributed by atoms with Crippen LogP contribution in [0.25, 0.3) is 0 Å². The molecule has 1 aliphatic rings. The normalized spacial score (nSPS) is 14.0. The molecule has 2 heterocycles. The minimum atomic E-state index is -0.917. The smallest absolute Gasteiger partial charge is 0.294 e. The molecule has 0 bridgehead atoms. The Kier molecular flexibility index (Phi) is 6.27. The van der Waals surface area contributed by atoms with Crippen LogP contribution >= 0.6 is 0 Å². The molecule has 9 nitrogen and oxygen atoms in total. The molecule has 0 saturated heterocycles. The number of amides is 2. The highest BCUT2D eigenvalue weighted by Crippen LogP contribution is 2.44. The zero-order valence-electron chi connectivity index (χ0n) is 19.8. The van der Waals surface area contributed by atoms with Gasteiger partial charge in [-0.15, -0.1) is 10.2 Å². The van der Waals surface area contributed by atoms with Crippen LogP contribution in [0.4, 0.5) is 14.5 Å². The molecule has 2 amide bonds. The lowest BCUT2D eigenvalue weighted by Gasteiger charge is -2.14. The molecule has 0 unspecified atom stereocenters. The summed E-state index contributed by atoms with van der Waals surface area (Å²) < 4.78 is 33.7. The first kappa shape index (κ1) is 24.2. The highest BCUT2D eigenvalue weighted by Gasteiger charge is 2.51. The molecular formula is C24H25F2N5O4. The molecule has 1 saturated carbocycles. The van der Waals surface area contributed by atoms with E-state index in [9.17, 15) is 23.2 Å². The number of aryl methyl sites for hydroxylation is 2. The second-order valence-corrected chi connectivity index (χ2v) is 8.68. The Morgan fingerprint density at radius 3 is 2.43 bits per heavy atom. The van der Waals surface area contributed by atoms with E-state index in [-0.39, 0.29) is 29.3 Å². The van der Waals surface area contributed by atoms with Crippen LogP contribution < -0.4 is 10.6 Å². The van der Waals surface area contributed by atoms with Crippen LogP contribution in [0.1, 0.15) is 62.3 Å². The van der Waals surface area contributed by atoms with Gasteiger partial charge in [-0.1, -0.05) is 0 Å². The molecule has 1 aromatic carbocycles. The maximum absolute atomic E-state index is 13.6. The Bertz CT molecular complexity index is 1340. The van der Waals surface area contributed by atoms with E-state index >= 15 is 0 Å². The Morgan fingerprint density at radius 1 is 1.14 bits per heavy atom. The number of anilines is 1. The van der Waals surface area contributed by atoms with Gasteiger partial charge in [0.15, 0.2) is 0 Å². The lowest BCUT2D eigenvalue weighted by Crippen LogP contribution is -2.40. The third-order valence-electron chi connectivity index (χ3n) is 6.18. The van der Waals surface area contributed by atoms with Crippen molar-refractivity contribution in [1.82, 2.24) is 20.1 Å². The summed E-state index contributed by atoms with van der Waals surface area (Å²) in [6, 6.07) is 4.12. The second kappa shape index (κ2) is 9.05. The summed E-state index contributed by atoms with van der Waals surface area (Å²) in [6.07, 6.45) is 1.06. The van der Waals surface area contributed by atoms with Crippen molar-refractivity contribution >= 4 is 23.3 Å². The standard InChI is InChI=1S/C24H25F2N5O4/c1-12-11-16(5-6-17(12)26)27-21(33)18-13(2)19(31(10-9-25)14(18)3)20(32)22(34)28-24(7-8-24)23-30-29-15(4)35-23/h5-6,11H,7-10H2,1-4H3,(H,27,33)(H,28,34). The van der Waals surface area contributed by atoms with Crippen LogP contribution in [0.15, 0.2) is 22.6 Å². The zero-order valence-corrected chi connectivity index (χ0v) is 19.8. The molecule has 2 aromatic heterocycles. The molecule has 35 heavy (non-hydrogen) atoms. The van der Waals surface area contributed by atoms with Gasteiger partial charge >= 0.3 is 0 Å². The minimum absolute atomic E-state index is 0.0735. The van der Waals surface area contributed by atoms with Crippen molar-refractivity contribution in [3.63, 3.8) is 0 Å². The number of rotatable bonds is 8. The van der Waals surface area contributed by atoms with Gasteiger partial charge in [0.05, 0.1) is 17.8 Å². The number of carbonyl (C=O) groups excluding carboxylic acids is 3. The lowest BCUT2D eigenvalue weighted by atomic mass is 10.1. The van der Waals surface area contributed by atoms with E-state index in [1.54, 1.807) is 20.8 Å². The van der Waals surface area contributed by atoms with Gasteiger partial charge in [0, 0.05) is 18.3 Å². The summed E-state index contributed by atoms with van der Waals surface area (Å²) in [5.74, 6) is -2.23. The first-order valence-corrected chi connectivity index (χ1v) is 11.1. The number of benzene rings is 1. The van der Waals surface area contributed by atoms with Crippen molar-refractivity contribution < 1.29 is 27.6 Å². The fourth-order valence-corrected chi connectivity index (χ4v) is 4.19. The maximum atomic E-state index is 13.6. The molecule has 1 aliphatic carbocycles. The highest BCUT2D eigenvalue weighted by atomic mass is 19.1. The van der Waals surface area contributed by atoms with E-state index in [1.165, 1.54) is 29.7 Å². The third-order valence-corrected chi connectivity index (χ3v) is 6.18. The first-order valence-electron chi connectivity index (χ1n) is 11.1. The molecule has 1 fully saturated rings. The van der Waals surface area contributed by atoms with Crippen molar-refractivity contribution in [3.05, 3.63) is 63.9 Å². The zero-order chi connectivity index (χ0) is 25.5. The monoisotopic (exact) mass is 485 g/mol. The average Bonchev–Trinajstić information content (AvgIpc) is 3.37. The number of hydrogen-bond donors (Lipinski definition) is 2. The van der Waals surface area contributed by atoms with Gasteiger partial charge in [0.1, 0.15) is 18.0 Å². The quantitative estimate of drug-likeness (QED) is 0.373. The topological polar surface area (TPSA) is 119 Å². The largest absolute Gasteiger partial charge is 0.423 e. The van der Waals surface area contributed by atoms with Crippen molar-refractivity contribution in [2.45, 2.75) is 52.6 Å². The number of ketones is 1. The molecule has 11 heteroatoms. The van der Waals surface area contributed by atoms with Crippen molar-refractivity contribution in [2.24, 2.45) is 0 Å². The van der Waals surface area contributed by atoms with E-state index in [2.05, 4.69) is 20.8 Å². The van der Waals surface area contributed by atoms with Crippen LogP contribution in [0, 0.1) is 33.5 Å². The SMILES string of the molecule is Cc1nnc(C2(NC(=O)C(=O)c3c(C)c(C(=O)Nc4ccc(F)c(C)c4)c(C)n3CCF)CC2)o1. The predicted molar refractivity (Wildman–Crippen MR) is 121 cm³/mol. The summed E-state index contributed by atoms with van der Waals surface area (Å²) in [5.41, 5.74) is 0.453. The fourth-order valence-electron chi connectivity index (χ4n) is 4.19. The number of alkyl halides is 1. The molecule has 0 aliphatic heterocycles. The molecule has 4 rings (SSSR count). The Labute approximate surface area is 199 Å².